The number of nitrogens with zero attached hydrogens (tertiary/aromatic N) is 2. The van der Waals surface area contributed by atoms with Crippen LogP contribution in [0.25, 0.3) is 0 Å². The molecule has 2 atom stereocenters. The largest absolute Gasteiger partial charge is 0.328 e. The van der Waals surface area contributed by atoms with E-state index in [1.165, 1.54) is 11.1 Å². The third-order valence-electron chi connectivity index (χ3n) is 7.09. The Morgan fingerprint density at radius 1 is 1.00 bits per heavy atom. The summed E-state index contributed by atoms with van der Waals surface area (Å²) in [6, 6.07) is 21.9. The Labute approximate surface area is 198 Å². The number of nitrogens with one attached hydrogen (secondary N) is 2. The maximum Gasteiger partial charge on any atom is 0.223 e. The lowest BCUT2D eigenvalue weighted by Gasteiger charge is -2.50. The molecule has 2 aromatic rings. The van der Waals surface area contributed by atoms with Crippen molar-refractivity contribution in [3.63, 3.8) is 0 Å². The van der Waals surface area contributed by atoms with Gasteiger partial charge in [-0.15, -0.1) is 0 Å². The lowest BCUT2D eigenvalue weighted by atomic mass is 9.83. The van der Waals surface area contributed by atoms with E-state index >= 15 is 0 Å². The van der Waals surface area contributed by atoms with Gasteiger partial charge in [0, 0.05) is 38.3 Å². The Morgan fingerprint density at radius 3 is 2.09 bits per heavy atom. The van der Waals surface area contributed by atoms with Gasteiger partial charge in [0.2, 0.25) is 5.91 Å². The second-order valence-corrected chi connectivity index (χ2v) is 9.08. The Kier molecular flexibility index (Phi) is 7.43. The monoisotopic (exact) mass is 444 g/mol. The first kappa shape index (κ1) is 23.4. The first-order valence-electron chi connectivity index (χ1n) is 12.0. The summed E-state index contributed by atoms with van der Waals surface area (Å²) >= 11 is 0. The van der Waals surface area contributed by atoms with Gasteiger partial charge >= 0.3 is 0 Å². The minimum atomic E-state index is -0.207. The lowest BCUT2D eigenvalue weighted by molar-refractivity contribution is -0.120. The van der Waals surface area contributed by atoms with Crippen LogP contribution in [0.15, 0.2) is 84.6 Å². The first-order chi connectivity index (χ1) is 16.1. The van der Waals surface area contributed by atoms with Crippen LogP contribution in [-0.4, -0.2) is 60.5 Å². The highest BCUT2D eigenvalue weighted by Crippen LogP contribution is 2.33. The quantitative estimate of drug-likeness (QED) is 0.683. The van der Waals surface area contributed by atoms with Crippen LogP contribution in [-0.2, 0) is 4.79 Å². The number of hydrogen-bond acceptors (Lipinski definition) is 4. The van der Waals surface area contributed by atoms with Crippen molar-refractivity contribution in [3.8, 4) is 0 Å². The maximum atomic E-state index is 12.1. The third kappa shape index (κ3) is 4.96. The summed E-state index contributed by atoms with van der Waals surface area (Å²) in [6.07, 6.45) is 6.86. The number of piperazine rings is 1. The number of carbonyl (C=O) groups is 1. The predicted molar refractivity (Wildman–Crippen MR) is 135 cm³/mol. The summed E-state index contributed by atoms with van der Waals surface area (Å²) in [5.41, 5.74) is 3.41. The minimum absolute atomic E-state index is 0.0311. The molecule has 2 unspecified atom stereocenters. The fourth-order valence-corrected chi connectivity index (χ4v) is 5.30. The van der Waals surface area contributed by atoms with Gasteiger partial charge in [-0.3, -0.25) is 14.6 Å². The normalized spacial score (nSPS) is 24.0. The molecular weight excluding hydrogens is 408 g/mol. The van der Waals surface area contributed by atoms with Gasteiger partial charge in [-0.1, -0.05) is 79.7 Å². The van der Waals surface area contributed by atoms with Gasteiger partial charge in [0.15, 0.2) is 0 Å². The van der Waals surface area contributed by atoms with Crippen LogP contribution in [0, 0.1) is 0 Å². The van der Waals surface area contributed by atoms with E-state index < -0.39 is 0 Å². The van der Waals surface area contributed by atoms with E-state index in [2.05, 4.69) is 100 Å². The van der Waals surface area contributed by atoms with Crippen LogP contribution in [0.2, 0.25) is 0 Å². The van der Waals surface area contributed by atoms with E-state index in [-0.39, 0.29) is 23.5 Å². The molecule has 4 rings (SSSR count). The van der Waals surface area contributed by atoms with Crippen LogP contribution in [0.1, 0.15) is 37.4 Å². The van der Waals surface area contributed by atoms with Crippen LogP contribution in [0.3, 0.4) is 0 Å². The molecule has 1 aliphatic heterocycles. The number of benzene rings is 2. The molecule has 2 N–H and O–H groups in total. The Balaban J connectivity index is 1.52. The number of rotatable bonds is 7. The average molecular weight is 445 g/mol. The number of carbonyl (C=O) groups excluding carboxylic acids is 1. The second kappa shape index (κ2) is 10.5. The fourth-order valence-electron chi connectivity index (χ4n) is 5.30. The molecule has 1 heterocycles. The molecule has 5 heteroatoms. The SMILES string of the molecule is CCC(=O)NC1=CC=CC(C)(N2CCN(C(c3ccccc3)c3ccccc3)CC2)C1NC. The zero-order valence-electron chi connectivity index (χ0n) is 20.0. The molecule has 33 heavy (non-hydrogen) atoms. The predicted octanol–water partition coefficient (Wildman–Crippen LogP) is 3.72. The zero-order chi connectivity index (χ0) is 23.3. The van der Waals surface area contributed by atoms with E-state index in [9.17, 15) is 4.79 Å². The molecule has 1 amide bonds. The molecule has 1 aliphatic carbocycles. The van der Waals surface area contributed by atoms with Gasteiger partial charge in [0.1, 0.15) is 0 Å². The van der Waals surface area contributed by atoms with Gasteiger partial charge in [-0.05, 0) is 31.2 Å². The third-order valence-corrected chi connectivity index (χ3v) is 7.09. The summed E-state index contributed by atoms with van der Waals surface area (Å²) in [5, 5.41) is 6.57. The van der Waals surface area contributed by atoms with Gasteiger partial charge in [-0.25, -0.2) is 0 Å². The van der Waals surface area contributed by atoms with Crippen LogP contribution in [0.5, 0.6) is 0 Å². The Bertz CT molecular complexity index is 940. The van der Waals surface area contributed by atoms with Crippen molar-refractivity contribution >= 4 is 5.91 Å². The molecule has 0 bridgehead atoms. The molecular formula is C28H36N4O. The van der Waals surface area contributed by atoms with E-state index in [1.54, 1.807) is 0 Å². The molecule has 0 aromatic heterocycles. The van der Waals surface area contributed by atoms with Gasteiger partial charge in [0.25, 0.3) is 0 Å². The molecule has 5 nitrogen and oxygen atoms in total. The van der Waals surface area contributed by atoms with Crippen molar-refractivity contribution in [2.75, 3.05) is 33.2 Å². The van der Waals surface area contributed by atoms with Crippen molar-refractivity contribution in [3.05, 3.63) is 95.7 Å². The van der Waals surface area contributed by atoms with Crippen molar-refractivity contribution in [2.24, 2.45) is 0 Å². The molecule has 0 spiro atoms. The maximum absolute atomic E-state index is 12.1. The van der Waals surface area contributed by atoms with Gasteiger partial charge in [-0.2, -0.15) is 0 Å². The van der Waals surface area contributed by atoms with Crippen molar-refractivity contribution in [1.82, 2.24) is 20.4 Å². The highest BCUT2D eigenvalue weighted by molar-refractivity contribution is 5.78. The lowest BCUT2D eigenvalue weighted by Crippen LogP contribution is -2.65. The highest BCUT2D eigenvalue weighted by Gasteiger charge is 2.42. The zero-order valence-corrected chi connectivity index (χ0v) is 20.0. The van der Waals surface area contributed by atoms with Gasteiger partial charge in [0.05, 0.1) is 17.6 Å². The molecule has 2 aromatic carbocycles. The minimum Gasteiger partial charge on any atom is -0.328 e. The summed E-state index contributed by atoms with van der Waals surface area (Å²) in [4.78, 5) is 17.2. The number of hydrogen-bond donors (Lipinski definition) is 2. The van der Waals surface area contributed by atoms with Crippen LogP contribution >= 0.6 is 0 Å². The number of allylic oxidation sites excluding steroid dienone is 2. The molecule has 1 fully saturated rings. The van der Waals surface area contributed by atoms with E-state index in [0.717, 1.165) is 31.9 Å². The summed E-state index contributed by atoms with van der Waals surface area (Å²) in [5.74, 6) is 0.0533. The standard InChI is InChI=1S/C28H36N4O/c1-4-25(33)30-24-16-11-17-28(2,27(24)29-3)32-20-18-31(19-21-32)26(22-12-7-5-8-13-22)23-14-9-6-10-15-23/h5-17,26-27,29H,4,18-21H2,1-3H3,(H,30,33). The average Bonchev–Trinajstić information content (AvgIpc) is 2.86. The molecule has 0 saturated carbocycles. The number of amides is 1. The van der Waals surface area contributed by atoms with E-state index in [0.29, 0.717) is 6.42 Å². The van der Waals surface area contributed by atoms with E-state index in [1.807, 2.05) is 20.0 Å². The molecule has 2 aliphatic rings. The van der Waals surface area contributed by atoms with Crippen molar-refractivity contribution < 1.29 is 4.79 Å². The Morgan fingerprint density at radius 2 is 1.58 bits per heavy atom. The van der Waals surface area contributed by atoms with Crippen molar-refractivity contribution in [2.45, 2.75) is 37.9 Å². The van der Waals surface area contributed by atoms with Crippen molar-refractivity contribution in [1.29, 1.82) is 0 Å². The summed E-state index contributed by atoms with van der Waals surface area (Å²) in [6.45, 7) is 8.05. The fraction of sp³-hybridized carbons (Fsp3) is 0.393. The highest BCUT2D eigenvalue weighted by atomic mass is 16.1. The molecule has 174 valence electrons. The van der Waals surface area contributed by atoms with Crippen LogP contribution in [0.4, 0.5) is 0 Å². The summed E-state index contributed by atoms with van der Waals surface area (Å²) < 4.78 is 0. The topological polar surface area (TPSA) is 47.6 Å². The molecule has 1 saturated heterocycles. The first-order valence-corrected chi connectivity index (χ1v) is 12.0. The Hall–Kier alpha value is -2.73. The molecule has 0 radical (unpaired) electrons. The summed E-state index contributed by atoms with van der Waals surface area (Å²) in [7, 11) is 1.98. The second-order valence-electron chi connectivity index (χ2n) is 9.08. The van der Waals surface area contributed by atoms with E-state index in [4.69, 9.17) is 0 Å². The number of likely N-dealkylation sites (N-methyl/N-ethyl adjacent to an activating group) is 1. The van der Waals surface area contributed by atoms with Crippen LogP contribution < -0.4 is 10.6 Å². The van der Waals surface area contributed by atoms with Gasteiger partial charge < -0.3 is 10.6 Å². The smallest absolute Gasteiger partial charge is 0.223 e.